The third-order valence-corrected chi connectivity index (χ3v) is 11.0. The van der Waals surface area contributed by atoms with Gasteiger partial charge in [0.25, 0.3) is 0 Å². The van der Waals surface area contributed by atoms with Crippen LogP contribution in [-0.4, -0.2) is 11.2 Å². The molecule has 1 nitrogen and oxygen atoms in total. The van der Waals surface area contributed by atoms with Gasteiger partial charge in [-0.05, 0) is 97.7 Å². The van der Waals surface area contributed by atoms with Crippen molar-refractivity contribution in [1.82, 2.24) is 0 Å². The SMILES string of the molecule is CC(C)CCCC(C)[C@H]1CC[C@@]2(C)C3=C(CC[C@]12C)[C@@]1(C)CC[C@H](O)CC1CC3. The molecule has 0 aromatic heterocycles. The molecule has 0 bridgehead atoms. The molecule has 0 aromatic rings. The van der Waals surface area contributed by atoms with E-state index in [0.29, 0.717) is 16.2 Å². The predicted molar refractivity (Wildman–Crippen MR) is 124 cm³/mol. The van der Waals surface area contributed by atoms with Crippen LogP contribution in [0.5, 0.6) is 0 Å². The first-order chi connectivity index (χ1) is 13.6. The van der Waals surface area contributed by atoms with Gasteiger partial charge in [-0.3, -0.25) is 0 Å². The van der Waals surface area contributed by atoms with Gasteiger partial charge in [0.05, 0.1) is 6.10 Å². The highest BCUT2D eigenvalue weighted by molar-refractivity contribution is 5.38. The van der Waals surface area contributed by atoms with Gasteiger partial charge >= 0.3 is 0 Å². The minimum absolute atomic E-state index is 0.0396. The van der Waals surface area contributed by atoms with Crippen LogP contribution in [0.15, 0.2) is 11.1 Å². The highest BCUT2D eigenvalue weighted by atomic mass is 16.3. The molecule has 29 heavy (non-hydrogen) atoms. The van der Waals surface area contributed by atoms with Gasteiger partial charge in [-0.25, -0.2) is 0 Å². The Kier molecular flexibility index (Phi) is 5.81. The Morgan fingerprint density at radius 3 is 2.38 bits per heavy atom. The molecule has 0 radical (unpaired) electrons. The Morgan fingerprint density at radius 2 is 1.66 bits per heavy atom. The van der Waals surface area contributed by atoms with Crippen molar-refractivity contribution in [3.05, 3.63) is 11.1 Å². The van der Waals surface area contributed by atoms with Gasteiger partial charge in [0.15, 0.2) is 0 Å². The van der Waals surface area contributed by atoms with E-state index >= 15 is 0 Å². The average Bonchev–Trinajstić information content (AvgIpc) is 2.93. The maximum atomic E-state index is 10.3. The first-order valence-corrected chi connectivity index (χ1v) is 13.0. The first-order valence-electron chi connectivity index (χ1n) is 13.0. The van der Waals surface area contributed by atoms with Crippen LogP contribution in [0.4, 0.5) is 0 Å². The molecule has 166 valence electrons. The molecule has 4 rings (SSSR count). The first kappa shape index (κ1) is 21.9. The topological polar surface area (TPSA) is 20.2 Å². The van der Waals surface area contributed by atoms with Crippen LogP contribution in [0.25, 0.3) is 0 Å². The minimum Gasteiger partial charge on any atom is -0.393 e. The normalized spacial score (nSPS) is 45.7. The number of aliphatic hydroxyl groups excluding tert-OH is 1. The van der Waals surface area contributed by atoms with Crippen LogP contribution in [0, 0.1) is 39.9 Å². The van der Waals surface area contributed by atoms with E-state index in [1.807, 2.05) is 11.1 Å². The molecule has 0 saturated heterocycles. The fourth-order valence-corrected chi connectivity index (χ4v) is 8.83. The number of rotatable bonds is 5. The molecule has 0 heterocycles. The molecule has 2 unspecified atom stereocenters. The molecular formula is C28H48O. The molecule has 4 aliphatic carbocycles. The summed E-state index contributed by atoms with van der Waals surface area (Å²) >= 11 is 0. The summed E-state index contributed by atoms with van der Waals surface area (Å²) in [5.41, 5.74) is 5.09. The van der Waals surface area contributed by atoms with E-state index in [9.17, 15) is 5.11 Å². The number of hydrogen-bond acceptors (Lipinski definition) is 1. The zero-order valence-electron chi connectivity index (χ0n) is 20.3. The number of hydrogen-bond donors (Lipinski definition) is 1. The van der Waals surface area contributed by atoms with E-state index in [-0.39, 0.29) is 6.10 Å². The van der Waals surface area contributed by atoms with Crippen molar-refractivity contribution in [1.29, 1.82) is 0 Å². The average molecular weight is 401 g/mol. The molecule has 0 aromatic carbocycles. The van der Waals surface area contributed by atoms with E-state index in [2.05, 4.69) is 41.5 Å². The summed E-state index contributed by atoms with van der Waals surface area (Å²) in [7, 11) is 0. The molecule has 1 N–H and O–H groups in total. The Labute approximate surface area is 181 Å². The van der Waals surface area contributed by atoms with Crippen LogP contribution in [0.3, 0.4) is 0 Å². The lowest BCUT2D eigenvalue weighted by molar-refractivity contribution is -0.00504. The maximum Gasteiger partial charge on any atom is 0.0543 e. The molecular weight excluding hydrogens is 352 g/mol. The summed E-state index contributed by atoms with van der Waals surface area (Å²) < 4.78 is 0. The lowest BCUT2D eigenvalue weighted by atomic mass is 9.46. The second-order valence-corrected chi connectivity index (χ2v) is 12.7. The van der Waals surface area contributed by atoms with Crippen molar-refractivity contribution in [3.8, 4) is 0 Å². The molecule has 1 heteroatoms. The van der Waals surface area contributed by atoms with Crippen LogP contribution < -0.4 is 0 Å². The number of fused-ring (bicyclic) bond motifs is 4. The summed E-state index contributed by atoms with van der Waals surface area (Å²) in [5.74, 6) is 3.36. The van der Waals surface area contributed by atoms with Crippen molar-refractivity contribution >= 4 is 0 Å². The van der Waals surface area contributed by atoms with Crippen molar-refractivity contribution in [2.24, 2.45) is 39.9 Å². The Morgan fingerprint density at radius 1 is 0.897 bits per heavy atom. The van der Waals surface area contributed by atoms with E-state index in [4.69, 9.17) is 0 Å². The second-order valence-electron chi connectivity index (χ2n) is 12.7. The molecule has 0 spiro atoms. The smallest absolute Gasteiger partial charge is 0.0543 e. The summed E-state index contributed by atoms with van der Waals surface area (Å²) in [6.45, 7) is 15.2. The van der Waals surface area contributed by atoms with E-state index in [1.165, 1.54) is 64.2 Å². The maximum absolute atomic E-state index is 10.3. The molecule has 0 aliphatic heterocycles. The Bertz CT molecular complexity index is 647. The van der Waals surface area contributed by atoms with Crippen LogP contribution in [0.2, 0.25) is 0 Å². The Hall–Kier alpha value is -0.300. The lowest BCUT2D eigenvalue weighted by Gasteiger charge is -2.59. The summed E-state index contributed by atoms with van der Waals surface area (Å²) in [4.78, 5) is 0. The highest BCUT2D eigenvalue weighted by Gasteiger charge is 2.61. The minimum atomic E-state index is -0.0396. The van der Waals surface area contributed by atoms with Crippen LogP contribution in [0.1, 0.15) is 119 Å². The third-order valence-electron chi connectivity index (χ3n) is 11.0. The van der Waals surface area contributed by atoms with Crippen molar-refractivity contribution in [2.75, 3.05) is 0 Å². The van der Waals surface area contributed by atoms with Crippen molar-refractivity contribution in [2.45, 2.75) is 125 Å². The largest absolute Gasteiger partial charge is 0.393 e. The van der Waals surface area contributed by atoms with Gasteiger partial charge < -0.3 is 5.11 Å². The van der Waals surface area contributed by atoms with E-state index < -0.39 is 0 Å². The lowest BCUT2D eigenvalue weighted by Crippen LogP contribution is -2.49. The third kappa shape index (κ3) is 3.37. The van der Waals surface area contributed by atoms with E-state index in [1.54, 1.807) is 0 Å². The van der Waals surface area contributed by atoms with Gasteiger partial charge in [0, 0.05) is 0 Å². The standard InChI is InChI=1S/C28H48O/c1-19(2)8-7-9-20(3)23-13-16-28(6)25-11-10-21-18-22(29)12-15-26(21,4)24(25)14-17-27(23,28)5/h19-23,29H,7-18H2,1-6H3/t20?,21?,22-,23+,26-,27+,28-/m0/s1. The van der Waals surface area contributed by atoms with Gasteiger partial charge in [-0.2, -0.15) is 0 Å². The van der Waals surface area contributed by atoms with Crippen LogP contribution in [-0.2, 0) is 0 Å². The van der Waals surface area contributed by atoms with Gasteiger partial charge in [0.2, 0.25) is 0 Å². The molecule has 4 aliphatic rings. The zero-order valence-corrected chi connectivity index (χ0v) is 20.3. The predicted octanol–water partition coefficient (Wildman–Crippen LogP) is 7.92. The molecule has 2 saturated carbocycles. The van der Waals surface area contributed by atoms with Crippen LogP contribution >= 0.6 is 0 Å². The molecule has 2 fully saturated rings. The quantitative estimate of drug-likeness (QED) is 0.465. The summed E-state index contributed by atoms with van der Waals surface area (Å²) in [5, 5.41) is 10.3. The summed E-state index contributed by atoms with van der Waals surface area (Å²) in [6, 6.07) is 0. The highest BCUT2D eigenvalue weighted by Crippen LogP contribution is 2.71. The Balaban J connectivity index is 1.59. The zero-order chi connectivity index (χ0) is 21.0. The van der Waals surface area contributed by atoms with Gasteiger partial charge in [0.1, 0.15) is 0 Å². The number of aliphatic hydroxyl groups is 1. The number of allylic oxidation sites excluding steroid dienone is 2. The van der Waals surface area contributed by atoms with Gasteiger partial charge in [-0.1, -0.05) is 72.0 Å². The fourth-order valence-electron chi connectivity index (χ4n) is 8.83. The second kappa shape index (κ2) is 7.68. The fraction of sp³-hybridized carbons (Fsp3) is 0.929. The monoisotopic (exact) mass is 400 g/mol. The summed E-state index contributed by atoms with van der Waals surface area (Å²) in [6.07, 6.45) is 15.8. The molecule has 0 amide bonds. The van der Waals surface area contributed by atoms with E-state index in [0.717, 1.165) is 36.5 Å². The van der Waals surface area contributed by atoms with Gasteiger partial charge in [-0.15, -0.1) is 0 Å². The van der Waals surface area contributed by atoms with Crippen molar-refractivity contribution in [3.63, 3.8) is 0 Å². The van der Waals surface area contributed by atoms with Crippen molar-refractivity contribution < 1.29 is 5.11 Å². The molecule has 7 atom stereocenters.